The Hall–Kier alpha value is -1.14. The van der Waals surface area contributed by atoms with Gasteiger partial charge in [0.15, 0.2) is 0 Å². The molecule has 0 aromatic rings. The number of carboxylic acid groups (broad SMARTS) is 1. The van der Waals surface area contributed by atoms with E-state index in [1.807, 2.05) is 0 Å². The van der Waals surface area contributed by atoms with Gasteiger partial charge in [0, 0.05) is 19.2 Å². The second kappa shape index (κ2) is 9.23. The van der Waals surface area contributed by atoms with Crippen molar-refractivity contribution < 1.29 is 19.4 Å². The van der Waals surface area contributed by atoms with Crippen molar-refractivity contribution in [2.75, 3.05) is 19.7 Å². The molecule has 0 heterocycles. The second-order valence-electron chi connectivity index (χ2n) is 6.75. The number of amides is 1. The standard InChI is InChI=1S/C17H30N2O4/c1-13(17(21)22)19(14-8-9-14)12-16(20)18-10-5-11-23-15-6-3-2-4-7-15/h13-15H,2-12H2,1H3,(H,18,20)(H,21,22). The fourth-order valence-corrected chi connectivity index (χ4v) is 3.13. The van der Waals surface area contributed by atoms with Crippen molar-refractivity contribution in [1.29, 1.82) is 0 Å². The number of nitrogens with one attached hydrogen (secondary N) is 1. The van der Waals surface area contributed by atoms with Crippen molar-refractivity contribution in [1.82, 2.24) is 10.2 Å². The van der Waals surface area contributed by atoms with Crippen LogP contribution < -0.4 is 5.32 Å². The number of carbonyl (C=O) groups is 2. The smallest absolute Gasteiger partial charge is 0.320 e. The van der Waals surface area contributed by atoms with Crippen LogP contribution in [0.25, 0.3) is 0 Å². The fourth-order valence-electron chi connectivity index (χ4n) is 3.13. The summed E-state index contributed by atoms with van der Waals surface area (Å²) in [5.74, 6) is -0.965. The molecular formula is C17H30N2O4. The first-order valence-corrected chi connectivity index (χ1v) is 8.94. The summed E-state index contributed by atoms with van der Waals surface area (Å²) in [6, 6.07) is -0.357. The normalized spacial score (nSPS) is 20.4. The van der Waals surface area contributed by atoms with Gasteiger partial charge in [-0.05, 0) is 39.0 Å². The second-order valence-corrected chi connectivity index (χ2v) is 6.75. The first kappa shape index (κ1) is 18.2. The first-order valence-electron chi connectivity index (χ1n) is 8.94. The monoisotopic (exact) mass is 326 g/mol. The molecule has 2 saturated carbocycles. The van der Waals surface area contributed by atoms with Crippen molar-refractivity contribution in [3.63, 3.8) is 0 Å². The fraction of sp³-hybridized carbons (Fsp3) is 0.882. The number of hydrogen-bond donors (Lipinski definition) is 2. The predicted molar refractivity (Wildman–Crippen MR) is 87.3 cm³/mol. The van der Waals surface area contributed by atoms with Gasteiger partial charge < -0.3 is 15.2 Å². The van der Waals surface area contributed by atoms with Crippen molar-refractivity contribution in [3.05, 3.63) is 0 Å². The summed E-state index contributed by atoms with van der Waals surface area (Å²) in [6.07, 6.45) is 9.36. The Morgan fingerprint density at radius 1 is 1.22 bits per heavy atom. The molecule has 2 N–H and O–H groups in total. The van der Waals surface area contributed by atoms with Gasteiger partial charge in [0.25, 0.3) is 0 Å². The summed E-state index contributed by atoms with van der Waals surface area (Å²) >= 11 is 0. The largest absolute Gasteiger partial charge is 0.480 e. The summed E-state index contributed by atoms with van der Waals surface area (Å²) in [7, 11) is 0. The minimum absolute atomic E-state index is 0.0948. The SMILES string of the molecule is CC(C(=O)O)N(CC(=O)NCCCOC1CCCCC1)C1CC1. The molecule has 2 aliphatic rings. The van der Waals surface area contributed by atoms with E-state index in [4.69, 9.17) is 9.84 Å². The lowest BCUT2D eigenvalue weighted by Gasteiger charge is -2.25. The van der Waals surface area contributed by atoms with Crippen LogP contribution in [0.5, 0.6) is 0 Å². The van der Waals surface area contributed by atoms with Crippen LogP contribution in [0.1, 0.15) is 58.3 Å². The van der Waals surface area contributed by atoms with Crippen molar-refractivity contribution in [2.45, 2.75) is 76.5 Å². The third-order valence-electron chi connectivity index (χ3n) is 4.75. The predicted octanol–water partition coefficient (Wildman–Crippen LogP) is 1.78. The van der Waals surface area contributed by atoms with Gasteiger partial charge >= 0.3 is 5.97 Å². The van der Waals surface area contributed by atoms with E-state index in [-0.39, 0.29) is 18.5 Å². The zero-order valence-corrected chi connectivity index (χ0v) is 14.1. The van der Waals surface area contributed by atoms with E-state index in [0.717, 1.165) is 32.1 Å². The highest BCUT2D eigenvalue weighted by Crippen LogP contribution is 2.28. The molecule has 0 bridgehead atoms. The number of rotatable bonds is 10. The average Bonchev–Trinajstić information content (AvgIpc) is 3.37. The van der Waals surface area contributed by atoms with Crippen LogP contribution >= 0.6 is 0 Å². The van der Waals surface area contributed by atoms with E-state index in [9.17, 15) is 9.59 Å². The van der Waals surface area contributed by atoms with E-state index in [1.54, 1.807) is 11.8 Å². The minimum Gasteiger partial charge on any atom is -0.480 e. The third-order valence-corrected chi connectivity index (χ3v) is 4.75. The van der Waals surface area contributed by atoms with Gasteiger partial charge in [-0.3, -0.25) is 14.5 Å². The Bertz CT molecular complexity index is 392. The average molecular weight is 326 g/mol. The maximum atomic E-state index is 12.0. The van der Waals surface area contributed by atoms with Crippen LogP contribution in [0.4, 0.5) is 0 Å². The van der Waals surface area contributed by atoms with Crippen LogP contribution in [-0.4, -0.2) is 59.8 Å². The van der Waals surface area contributed by atoms with Crippen LogP contribution in [0, 0.1) is 0 Å². The molecule has 2 aliphatic carbocycles. The first-order chi connectivity index (χ1) is 11.1. The van der Waals surface area contributed by atoms with E-state index >= 15 is 0 Å². The quantitative estimate of drug-likeness (QED) is 0.598. The molecule has 2 rings (SSSR count). The Morgan fingerprint density at radius 2 is 1.91 bits per heavy atom. The number of nitrogens with zero attached hydrogens (tertiary/aromatic N) is 1. The van der Waals surface area contributed by atoms with Crippen LogP contribution in [-0.2, 0) is 14.3 Å². The van der Waals surface area contributed by atoms with Gasteiger partial charge in [0.1, 0.15) is 6.04 Å². The van der Waals surface area contributed by atoms with Gasteiger partial charge in [0.05, 0.1) is 12.6 Å². The number of hydrogen-bond acceptors (Lipinski definition) is 4. The molecule has 0 aliphatic heterocycles. The Kier molecular flexibility index (Phi) is 7.30. The molecule has 0 spiro atoms. The Labute approximate surface area is 138 Å². The van der Waals surface area contributed by atoms with Crippen molar-refractivity contribution in [2.24, 2.45) is 0 Å². The topological polar surface area (TPSA) is 78.9 Å². The maximum absolute atomic E-state index is 12.0. The molecular weight excluding hydrogens is 296 g/mol. The summed E-state index contributed by atoms with van der Waals surface area (Å²) in [5.41, 5.74) is 0. The molecule has 1 amide bonds. The maximum Gasteiger partial charge on any atom is 0.320 e. The molecule has 6 nitrogen and oxygen atoms in total. The minimum atomic E-state index is -0.870. The van der Waals surface area contributed by atoms with Crippen LogP contribution in [0.2, 0.25) is 0 Å². The molecule has 0 aromatic carbocycles. The number of ether oxygens (including phenoxy) is 1. The lowest BCUT2D eigenvalue weighted by molar-refractivity contribution is -0.143. The van der Waals surface area contributed by atoms with Gasteiger partial charge in [-0.15, -0.1) is 0 Å². The highest BCUT2D eigenvalue weighted by molar-refractivity contribution is 5.79. The molecule has 132 valence electrons. The molecule has 1 atom stereocenters. The van der Waals surface area contributed by atoms with Crippen LogP contribution in [0.3, 0.4) is 0 Å². The summed E-state index contributed by atoms with van der Waals surface area (Å²) in [5, 5.41) is 12.0. The van der Waals surface area contributed by atoms with Crippen molar-refractivity contribution in [3.8, 4) is 0 Å². The number of carbonyl (C=O) groups excluding carboxylic acids is 1. The highest BCUT2D eigenvalue weighted by atomic mass is 16.5. The molecule has 0 aromatic heterocycles. The third kappa shape index (κ3) is 6.47. The summed E-state index contributed by atoms with van der Waals surface area (Å²) in [4.78, 5) is 24.9. The Balaban J connectivity index is 1.57. The van der Waals surface area contributed by atoms with Gasteiger partial charge in [-0.1, -0.05) is 19.3 Å². The lowest BCUT2D eigenvalue weighted by Crippen LogP contribution is -2.46. The van der Waals surface area contributed by atoms with Gasteiger partial charge in [-0.25, -0.2) is 0 Å². The highest BCUT2D eigenvalue weighted by Gasteiger charge is 2.36. The summed E-state index contributed by atoms with van der Waals surface area (Å²) in [6.45, 7) is 3.09. The molecule has 6 heteroatoms. The molecule has 0 saturated heterocycles. The van der Waals surface area contributed by atoms with E-state index in [2.05, 4.69) is 5.32 Å². The molecule has 1 unspecified atom stereocenters. The zero-order chi connectivity index (χ0) is 16.7. The Morgan fingerprint density at radius 3 is 2.52 bits per heavy atom. The van der Waals surface area contributed by atoms with E-state index < -0.39 is 12.0 Å². The van der Waals surface area contributed by atoms with E-state index in [1.165, 1.54) is 19.3 Å². The zero-order valence-electron chi connectivity index (χ0n) is 14.1. The number of carboxylic acids is 1. The summed E-state index contributed by atoms with van der Waals surface area (Å²) < 4.78 is 5.82. The molecule has 23 heavy (non-hydrogen) atoms. The molecule has 0 radical (unpaired) electrons. The van der Waals surface area contributed by atoms with Crippen LogP contribution in [0.15, 0.2) is 0 Å². The van der Waals surface area contributed by atoms with E-state index in [0.29, 0.717) is 19.3 Å². The molecule has 2 fully saturated rings. The van der Waals surface area contributed by atoms with Crippen molar-refractivity contribution >= 4 is 11.9 Å². The lowest BCUT2D eigenvalue weighted by atomic mass is 9.98. The van der Waals surface area contributed by atoms with Gasteiger partial charge in [-0.2, -0.15) is 0 Å². The number of aliphatic carboxylic acids is 1. The van der Waals surface area contributed by atoms with Gasteiger partial charge in [0.2, 0.25) is 5.91 Å².